The van der Waals surface area contributed by atoms with Crippen LogP contribution in [-0.4, -0.2) is 29.3 Å². The largest absolute Gasteiger partial charge is 0.280 e. The van der Waals surface area contributed by atoms with Crippen molar-refractivity contribution in [3.05, 3.63) is 42.6 Å². The molecule has 0 fully saturated rings. The van der Waals surface area contributed by atoms with Crippen molar-refractivity contribution in [2.75, 3.05) is 0 Å². The van der Waals surface area contributed by atoms with Crippen LogP contribution in [0.2, 0.25) is 0 Å². The highest BCUT2D eigenvalue weighted by Gasteiger charge is 2.14. The predicted molar refractivity (Wildman–Crippen MR) is 75.7 cm³/mol. The lowest BCUT2D eigenvalue weighted by Gasteiger charge is -2.06. The molecular weight excluding hydrogens is 252 g/mol. The summed E-state index contributed by atoms with van der Waals surface area (Å²) in [5, 5.41) is 5.17. The number of hydrogen-bond donors (Lipinski definition) is 0. The van der Waals surface area contributed by atoms with Gasteiger partial charge in [0.2, 0.25) is 0 Å². The average molecular weight is 264 g/mol. The molecule has 98 valence electrons. The molecule has 0 bridgehead atoms. The summed E-state index contributed by atoms with van der Waals surface area (Å²) in [5.74, 6) is 1.71. The van der Waals surface area contributed by atoms with Gasteiger partial charge in [-0.1, -0.05) is 12.1 Å². The number of imidazole rings is 1. The van der Waals surface area contributed by atoms with Crippen LogP contribution in [0.4, 0.5) is 0 Å². The smallest absolute Gasteiger partial charge is 0.163 e. The highest BCUT2D eigenvalue weighted by Crippen LogP contribution is 2.24. The van der Waals surface area contributed by atoms with Gasteiger partial charge in [0, 0.05) is 7.05 Å². The summed E-state index contributed by atoms with van der Waals surface area (Å²) in [6, 6.07) is 8.03. The fraction of sp³-hybridized carbons (Fsp3) is 0.143. The van der Waals surface area contributed by atoms with Crippen LogP contribution in [0.3, 0.4) is 0 Å². The maximum atomic E-state index is 4.58. The number of benzene rings is 1. The first-order valence-corrected chi connectivity index (χ1v) is 6.33. The predicted octanol–water partition coefficient (Wildman–Crippen LogP) is 2.01. The number of aryl methyl sites for hydroxylation is 2. The number of rotatable bonds is 1. The molecule has 4 rings (SSSR count). The Balaban J connectivity index is 2.14. The summed E-state index contributed by atoms with van der Waals surface area (Å²) in [6.07, 6.45) is 3.35. The molecule has 0 saturated carbocycles. The molecular formula is C14H12N6. The minimum Gasteiger partial charge on any atom is -0.280 e. The van der Waals surface area contributed by atoms with Crippen LogP contribution < -0.4 is 0 Å². The second-order valence-electron chi connectivity index (χ2n) is 4.69. The summed E-state index contributed by atoms with van der Waals surface area (Å²) in [4.78, 5) is 13.3. The number of para-hydroxylation sites is 2. The summed E-state index contributed by atoms with van der Waals surface area (Å²) in [5.41, 5.74) is 2.81. The monoisotopic (exact) mass is 264 g/mol. The van der Waals surface area contributed by atoms with Gasteiger partial charge in [-0.15, -0.1) is 0 Å². The Morgan fingerprint density at radius 2 is 1.95 bits per heavy atom. The topological polar surface area (TPSA) is 61.4 Å². The van der Waals surface area contributed by atoms with Gasteiger partial charge in [0.25, 0.3) is 0 Å². The second-order valence-corrected chi connectivity index (χ2v) is 4.69. The zero-order valence-corrected chi connectivity index (χ0v) is 11.1. The summed E-state index contributed by atoms with van der Waals surface area (Å²) < 4.78 is 3.79. The van der Waals surface area contributed by atoms with Gasteiger partial charge in [-0.2, -0.15) is 5.10 Å². The Morgan fingerprint density at radius 3 is 2.85 bits per heavy atom. The lowest BCUT2D eigenvalue weighted by atomic mass is 10.3. The molecule has 3 heterocycles. The van der Waals surface area contributed by atoms with Crippen LogP contribution in [-0.2, 0) is 7.05 Å². The molecule has 0 aliphatic heterocycles. The average Bonchev–Trinajstić information content (AvgIpc) is 2.99. The summed E-state index contributed by atoms with van der Waals surface area (Å²) >= 11 is 0. The minimum atomic E-state index is 0.812. The van der Waals surface area contributed by atoms with Crippen LogP contribution in [0.5, 0.6) is 0 Å². The molecule has 0 aliphatic rings. The Morgan fingerprint density at radius 1 is 1.10 bits per heavy atom. The third-order valence-electron chi connectivity index (χ3n) is 3.45. The third-order valence-corrected chi connectivity index (χ3v) is 3.45. The molecule has 20 heavy (non-hydrogen) atoms. The molecule has 3 aromatic heterocycles. The van der Waals surface area contributed by atoms with Crippen LogP contribution >= 0.6 is 0 Å². The van der Waals surface area contributed by atoms with E-state index in [0.717, 1.165) is 33.7 Å². The summed E-state index contributed by atoms with van der Waals surface area (Å²) in [7, 11) is 1.87. The molecule has 4 aromatic rings. The molecule has 0 saturated heterocycles. The van der Waals surface area contributed by atoms with Crippen molar-refractivity contribution in [2.24, 2.45) is 7.05 Å². The van der Waals surface area contributed by atoms with Crippen molar-refractivity contribution in [2.45, 2.75) is 6.92 Å². The fourth-order valence-electron chi connectivity index (χ4n) is 2.54. The zero-order chi connectivity index (χ0) is 13.7. The van der Waals surface area contributed by atoms with Gasteiger partial charge in [0.05, 0.1) is 22.6 Å². The maximum absolute atomic E-state index is 4.58. The first kappa shape index (κ1) is 11.1. The van der Waals surface area contributed by atoms with E-state index in [4.69, 9.17) is 0 Å². The molecule has 6 heteroatoms. The van der Waals surface area contributed by atoms with E-state index >= 15 is 0 Å². The summed E-state index contributed by atoms with van der Waals surface area (Å²) in [6.45, 7) is 1.98. The zero-order valence-electron chi connectivity index (χ0n) is 11.1. The molecule has 1 aromatic carbocycles. The molecule has 0 N–H and O–H groups in total. The van der Waals surface area contributed by atoms with Crippen molar-refractivity contribution >= 4 is 22.1 Å². The first-order valence-electron chi connectivity index (χ1n) is 6.33. The van der Waals surface area contributed by atoms with Crippen molar-refractivity contribution in [3.8, 4) is 5.82 Å². The molecule has 0 radical (unpaired) electrons. The van der Waals surface area contributed by atoms with Gasteiger partial charge in [-0.25, -0.2) is 15.0 Å². The van der Waals surface area contributed by atoms with Crippen molar-refractivity contribution in [1.82, 2.24) is 29.3 Å². The molecule has 0 spiro atoms. The Hall–Kier alpha value is -2.76. The number of aromatic nitrogens is 6. The van der Waals surface area contributed by atoms with E-state index in [1.807, 2.05) is 42.8 Å². The van der Waals surface area contributed by atoms with E-state index < -0.39 is 0 Å². The van der Waals surface area contributed by atoms with Gasteiger partial charge in [-0.05, 0) is 19.1 Å². The van der Waals surface area contributed by atoms with Gasteiger partial charge in [0.1, 0.15) is 12.2 Å². The van der Waals surface area contributed by atoms with Crippen molar-refractivity contribution < 1.29 is 0 Å². The van der Waals surface area contributed by atoms with E-state index in [9.17, 15) is 0 Å². The highest BCUT2D eigenvalue weighted by molar-refractivity contribution is 5.86. The van der Waals surface area contributed by atoms with E-state index in [-0.39, 0.29) is 0 Å². The SMILES string of the molecule is Cc1nc2ccccc2n1-c1ncnc2c1cnn2C. The van der Waals surface area contributed by atoms with E-state index in [2.05, 4.69) is 20.1 Å². The Labute approximate surface area is 114 Å². The van der Waals surface area contributed by atoms with E-state index in [0.29, 0.717) is 0 Å². The standard InChI is InChI=1S/C14H12N6/c1-9-18-11-5-3-4-6-12(11)20(9)14-10-7-17-19(2)13(10)15-8-16-14/h3-8H,1-2H3. The fourth-order valence-corrected chi connectivity index (χ4v) is 2.54. The van der Waals surface area contributed by atoms with Crippen molar-refractivity contribution in [3.63, 3.8) is 0 Å². The third kappa shape index (κ3) is 1.38. The number of fused-ring (bicyclic) bond motifs is 2. The molecule has 0 atom stereocenters. The highest BCUT2D eigenvalue weighted by atomic mass is 15.3. The Bertz CT molecular complexity index is 933. The quantitative estimate of drug-likeness (QED) is 0.527. The first-order chi connectivity index (χ1) is 9.75. The Kier molecular flexibility index (Phi) is 2.14. The number of nitrogens with zero attached hydrogens (tertiary/aromatic N) is 6. The maximum Gasteiger partial charge on any atom is 0.163 e. The van der Waals surface area contributed by atoms with Crippen LogP contribution in [0.25, 0.3) is 27.9 Å². The molecule has 6 nitrogen and oxygen atoms in total. The van der Waals surface area contributed by atoms with Crippen molar-refractivity contribution in [1.29, 1.82) is 0 Å². The van der Waals surface area contributed by atoms with Gasteiger partial charge >= 0.3 is 0 Å². The van der Waals surface area contributed by atoms with E-state index in [1.54, 1.807) is 17.2 Å². The van der Waals surface area contributed by atoms with Crippen LogP contribution in [0.1, 0.15) is 5.82 Å². The molecule has 0 aliphatic carbocycles. The van der Waals surface area contributed by atoms with Crippen LogP contribution in [0, 0.1) is 6.92 Å². The van der Waals surface area contributed by atoms with Gasteiger partial charge in [0.15, 0.2) is 11.5 Å². The number of hydrogen-bond acceptors (Lipinski definition) is 4. The second kappa shape index (κ2) is 3.86. The van der Waals surface area contributed by atoms with Crippen LogP contribution in [0.15, 0.2) is 36.8 Å². The lowest BCUT2D eigenvalue weighted by molar-refractivity contribution is 0.785. The lowest BCUT2D eigenvalue weighted by Crippen LogP contribution is -2.02. The molecule has 0 amide bonds. The normalized spacial score (nSPS) is 11.5. The van der Waals surface area contributed by atoms with E-state index in [1.165, 1.54) is 0 Å². The minimum absolute atomic E-state index is 0.812. The van der Waals surface area contributed by atoms with Gasteiger partial charge < -0.3 is 0 Å². The van der Waals surface area contributed by atoms with Gasteiger partial charge in [-0.3, -0.25) is 9.25 Å². The molecule has 0 unspecified atom stereocenters.